The van der Waals surface area contributed by atoms with E-state index in [4.69, 9.17) is 69.6 Å². The highest BCUT2D eigenvalue weighted by Crippen LogP contribution is 2.77. The number of hydrogen-bond donors (Lipinski definition) is 1. The van der Waals surface area contributed by atoms with Crippen molar-refractivity contribution in [3.8, 4) is 0 Å². The molecule has 1 aromatic carbocycles. The Morgan fingerprint density at radius 3 is 1.74 bits per heavy atom. The van der Waals surface area contributed by atoms with Crippen LogP contribution in [0.3, 0.4) is 0 Å². The lowest BCUT2D eigenvalue weighted by Crippen LogP contribution is -2.44. The molecule has 1 saturated carbocycles. The van der Waals surface area contributed by atoms with Crippen molar-refractivity contribution in [2.75, 3.05) is 0 Å². The van der Waals surface area contributed by atoms with Crippen LogP contribution in [-0.4, -0.2) is 20.0 Å². The zero-order valence-corrected chi connectivity index (χ0v) is 26.9. The smallest absolute Gasteiger partial charge is 0.220 e. The molecule has 3 rings (SSSR count). The fraction of sp³-hybridized carbons (Fsp3) is 0.700. The quantitative estimate of drug-likeness (QED) is 0.133. The van der Waals surface area contributed by atoms with Crippen molar-refractivity contribution in [2.24, 2.45) is 11.8 Å². The Morgan fingerprint density at radius 2 is 1.21 bits per heavy atom. The molecule has 1 amide bonds. The number of benzene rings is 1. The second kappa shape index (κ2) is 14.9. The van der Waals surface area contributed by atoms with Gasteiger partial charge in [-0.05, 0) is 36.7 Å². The number of carbonyl (C=O) groups excluding carboxylic acids is 1. The Labute approximate surface area is 259 Å². The summed E-state index contributed by atoms with van der Waals surface area (Å²) in [5, 5.41) is 3.62. The lowest BCUT2D eigenvalue weighted by Gasteiger charge is -2.37. The van der Waals surface area contributed by atoms with Gasteiger partial charge in [0.2, 0.25) is 5.91 Å². The molecule has 0 radical (unpaired) electrons. The molecule has 4 atom stereocenters. The molecule has 0 spiro atoms. The molecule has 0 aromatic heterocycles. The lowest BCUT2D eigenvalue weighted by molar-refractivity contribution is -0.121. The molecule has 1 fully saturated rings. The fourth-order valence-corrected chi connectivity index (χ4v) is 9.36. The topological polar surface area (TPSA) is 29.1 Å². The highest BCUT2D eigenvalue weighted by molar-refractivity contribution is 6.65. The largest absolute Gasteiger partial charge is 0.352 e. The van der Waals surface area contributed by atoms with E-state index < -0.39 is 14.1 Å². The molecule has 2 bridgehead atoms. The number of allylic oxidation sites excluding steroid dienone is 2. The molecule has 214 valence electrons. The van der Waals surface area contributed by atoms with E-state index in [0.717, 1.165) is 63.4 Å². The summed E-state index contributed by atoms with van der Waals surface area (Å²) in [6.07, 6.45) is 14.4. The van der Waals surface area contributed by atoms with Crippen molar-refractivity contribution in [3.05, 3.63) is 46.0 Å². The highest BCUT2D eigenvalue weighted by atomic mass is 35.5. The van der Waals surface area contributed by atoms with Crippen molar-refractivity contribution in [1.29, 1.82) is 0 Å². The first-order valence-corrected chi connectivity index (χ1v) is 16.5. The van der Waals surface area contributed by atoms with Crippen molar-refractivity contribution in [3.63, 3.8) is 0 Å². The van der Waals surface area contributed by atoms with Crippen molar-refractivity contribution < 1.29 is 4.79 Å². The number of halogens is 6. The third kappa shape index (κ3) is 6.79. The summed E-state index contributed by atoms with van der Waals surface area (Å²) in [7, 11) is 0. The summed E-state index contributed by atoms with van der Waals surface area (Å²) >= 11 is 41.4. The summed E-state index contributed by atoms with van der Waals surface area (Å²) < 4.78 is -1.46. The first-order chi connectivity index (χ1) is 18.1. The van der Waals surface area contributed by atoms with Crippen LogP contribution in [0.5, 0.6) is 0 Å². The molecule has 0 saturated heterocycles. The zero-order chi connectivity index (χ0) is 27.8. The first-order valence-electron chi connectivity index (χ1n) is 14.2. The summed E-state index contributed by atoms with van der Waals surface area (Å²) in [6.45, 7) is 2.80. The molecule has 1 aromatic rings. The van der Waals surface area contributed by atoms with Gasteiger partial charge in [0.15, 0.2) is 4.33 Å². The second-order valence-corrected chi connectivity index (χ2v) is 14.2. The Hall–Kier alpha value is 0.170. The predicted octanol–water partition coefficient (Wildman–Crippen LogP) is 10.9. The van der Waals surface area contributed by atoms with Crippen LogP contribution in [0, 0.1) is 11.8 Å². The Bertz CT molecular complexity index is 938. The van der Waals surface area contributed by atoms with Crippen molar-refractivity contribution in [2.45, 2.75) is 117 Å². The molecule has 38 heavy (non-hydrogen) atoms. The number of hydrogen-bond acceptors (Lipinski definition) is 1. The molecule has 8 heteroatoms. The van der Waals surface area contributed by atoms with Crippen LogP contribution < -0.4 is 5.32 Å². The van der Waals surface area contributed by atoms with Gasteiger partial charge in [0, 0.05) is 13.0 Å². The van der Waals surface area contributed by atoms with Crippen LogP contribution >= 0.6 is 69.6 Å². The number of fused-ring (bicyclic) bond motifs is 2. The highest BCUT2D eigenvalue weighted by Gasteiger charge is 2.81. The van der Waals surface area contributed by atoms with Gasteiger partial charge in [0.05, 0.1) is 10.1 Å². The third-order valence-electron chi connectivity index (χ3n) is 8.37. The molecule has 2 aliphatic carbocycles. The third-order valence-corrected chi connectivity index (χ3v) is 12.7. The van der Waals surface area contributed by atoms with Gasteiger partial charge in [-0.15, -0.1) is 23.2 Å². The molecule has 2 nitrogen and oxygen atoms in total. The van der Waals surface area contributed by atoms with Crippen molar-refractivity contribution in [1.82, 2.24) is 5.32 Å². The Balaban J connectivity index is 1.45. The van der Waals surface area contributed by atoms with E-state index >= 15 is 0 Å². The molecule has 0 heterocycles. The molecule has 1 N–H and O–H groups in total. The standard InChI is InChI=1S/C30H41Cl6NO/c1-2-3-4-5-7-13-18-23-24(29(34)27(32)26(31)28(23,33)30(29,35)36)19-14-8-6-9-15-20-25(38)37-21-22-16-11-10-12-17-22/h10-12,16-17,23-24H,2-9,13-15,18-21H2,1H3,(H,37,38)/t23-,24+,28+,29+/m1/s1. The minimum atomic E-state index is -1.46. The van der Waals surface area contributed by atoms with Gasteiger partial charge in [0.25, 0.3) is 0 Å². The SMILES string of the molecule is CCCCCCCC[C@@H]1[C@H](CCCCCCCC(=O)NCc2ccccc2)[C@]2(Cl)C(Cl)=C(Cl)[C@]1(Cl)C2(Cl)Cl. The van der Waals surface area contributed by atoms with E-state index in [9.17, 15) is 4.79 Å². The maximum absolute atomic E-state index is 12.1. The maximum atomic E-state index is 12.1. The molecular formula is C30H41Cl6NO. The fourth-order valence-electron chi connectivity index (χ4n) is 6.22. The predicted molar refractivity (Wildman–Crippen MR) is 166 cm³/mol. The van der Waals surface area contributed by atoms with E-state index in [0.29, 0.717) is 23.0 Å². The molecule has 2 aliphatic rings. The van der Waals surface area contributed by atoms with Gasteiger partial charge in [-0.1, -0.05) is 148 Å². The van der Waals surface area contributed by atoms with Crippen LogP contribution in [-0.2, 0) is 11.3 Å². The van der Waals surface area contributed by atoms with Crippen molar-refractivity contribution >= 4 is 75.5 Å². The van der Waals surface area contributed by atoms with E-state index in [1.54, 1.807) is 0 Å². The summed E-state index contributed by atoms with van der Waals surface area (Å²) in [6, 6.07) is 9.96. The summed E-state index contributed by atoms with van der Waals surface area (Å²) in [4.78, 5) is 9.82. The lowest BCUT2D eigenvalue weighted by atomic mass is 9.76. The van der Waals surface area contributed by atoms with Gasteiger partial charge >= 0.3 is 0 Å². The van der Waals surface area contributed by atoms with Crippen LogP contribution in [0.4, 0.5) is 0 Å². The average Bonchev–Trinajstić information content (AvgIpc) is 3.10. The minimum absolute atomic E-state index is 0.0221. The zero-order valence-electron chi connectivity index (χ0n) is 22.3. The number of alkyl halides is 4. The maximum Gasteiger partial charge on any atom is 0.220 e. The number of unbranched alkanes of at least 4 members (excludes halogenated alkanes) is 9. The minimum Gasteiger partial charge on any atom is -0.352 e. The van der Waals surface area contributed by atoms with Crippen LogP contribution in [0.1, 0.15) is 102 Å². The summed E-state index contributed by atoms with van der Waals surface area (Å²) in [5.41, 5.74) is 1.11. The average molecular weight is 644 g/mol. The van der Waals surface area contributed by atoms with Crippen LogP contribution in [0.25, 0.3) is 0 Å². The van der Waals surface area contributed by atoms with E-state index in [-0.39, 0.29) is 17.7 Å². The van der Waals surface area contributed by atoms with E-state index in [1.165, 1.54) is 25.7 Å². The van der Waals surface area contributed by atoms with E-state index in [2.05, 4.69) is 12.2 Å². The number of rotatable bonds is 17. The second-order valence-electron chi connectivity index (χ2n) is 11.0. The molecule has 0 unspecified atom stereocenters. The van der Waals surface area contributed by atoms with Gasteiger partial charge in [-0.3, -0.25) is 4.79 Å². The monoisotopic (exact) mass is 641 g/mol. The first kappa shape index (κ1) is 32.7. The Kier molecular flexibility index (Phi) is 12.8. The van der Waals surface area contributed by atoms with Crippen LogP contribution in [0.15, 0.2) is 40.4 Å². The van der Waals surface area contributed by atoms with Gasteiger partial charge in [-0.25, -0.2) is 0 Å². The van der Waals surface area contributed by atoms with E-state index in [1.807, 2.05) is 30.3 Å². The van der Waals surface area contributed by atoms with Gasteiger partial charge in [0.1, 0.15) is 9.75 Å². The summed E-state index contributed by atoms with van der Waals surface area (Å²) in [5.74, 6) is 0.0426. The molecular weight excluding hydrogens is 603 g/mol. The Morgan fingerprint density at radius 1 is 0.737 bits per heavy atom. The molecule has 0 aliphatic heterocycles. The number of amides is 1. The normalized spacial score (nSPS) is 27.8. The van der Waals surface area contributed by atoms with Gasteiger partial charge < -0.3 is 5.32 Å². The van der Waals surface area contributed by atoms with Crippen LogP contribution in [0.2, 0.25) is 0 Å². The van der Waals surface area contributed by atoms with Gasteiger partial charge in [-0.2, -0.15) is 0 Å². The number of carbonyl (C=O) groups is 1. The number of nitrogens with one attached hydrogen (secondary N) is 1.